The van der Waals surface area contributed by atoms with Crippen LogP contribution in [0.2, 0.25) is 0 Å². The summed E-state index contributed by atoms with van der Waals surface area (Å²) in [5.74, 6) is 0.200. The van der Waals surface area contributed by atoms with E-state index in [4.69, 9.17) is 10.5 Å². The Bertz CT molecular complexity index is 912. The minimum Gasteiger partial charge on any atom is -0.494 e. The van der Waals surface area contributed by atoms with Crippen molar-refractivity contribution in [1.82, 2.24) is 9.55 Å². The van der Waals surface area contributed by atoms with Gasteiger partial charge in [0.25, 0.3) is 5.56 Å². The third kappa shape index (κ3) is 2.95. The standard InChI is InChI=1S/C16H15N3O3S/c1-2-22-11-5-3-10(4-6-11)12-8-23-15-14(12)16(21)19(9-18-15)7-13(17)20/h3-6,8-9H,2,7H2,1H3,(H2,17,20). The second-order valence-electron chi connectivity index (χ2n) is 4.93. The first kappa shape index (κ1) is 15.2. The van der Waals surface area contributed by atoms with E-state index in [1.165, 1.54) is 22.2 Å². The number of hydrogen-bond donors (Lipinski definition) is 1. The summed E-state index contributed by atoms with van der Waals surface area (Å²) in [4.78, 5) is 28.5. The van der Waals surface area contributed by atoms with Gasteiger partial charge in [0, 0.05) is 10.9 Å². The van der Waals surface area contributed by atoms with Crippen LogP contribution in [0.4, 0.5) is 0 Å². The lowest BCUT2D eigenvalue weighted by molar-refractivity contribution is -0.118. The van der Waals surface area contributed by atoms with Gasteiger partial charge in [0.15, 0.2) is 0 Å². The molecule has 118 valence electrons. The van der Waals surface area contributed by atoms with Gasteiger partial charge in [0.1, 0.15) is 17.1 Å². The van der Waals surface area contributed by atoms with Crippen LogP contribution in [0.3, 0.4) is 0 Å². The number of carbonyl (C=O) groups is 1. The zero-order chi connectivity index (χ0) is 16.4. The van der Waals surface area contributed by atoms with Crippen LogP contribution in [0.15, 0.2) is 40.8 Å². The van der Waals surface area contributed by atoms with Crippen molar-refractivity contribution < 1.29 is 9.53 Å². The molecule has 0 fully saturated rings. The number of fused-ring (bicyclic) bond motifs is 1. The van der Waals surface area contributed by atoms with Crippen molar-refractivity contribution in [2.24, 2.45) is 5.73 Å². The molecule has 0 saturated heterocycles. The van der Waals surface area contributed by atoms with Crippen molar-refractivity contribution in [2.75, 3.05) is 6.61 Å². The highest BCUT2D eigenvalue weighted by Crippen LogP contribution is 2.31. The number of primary amides is 1. The number of nitrogens with zero attached hydrogens (tertiary/aromatic N) is 2. The van der Waals surface area contributed by atoms with Crippen molar-refractivity contribution >= 4 is 27.5 Å². The zero-order valence-corrected chi connectivity index (χ0v) is 13.3. The van der Waals surface area contributed by atoms with Crippen molar-refractivity contribution in [3.05, 3.63) is 46.3 Å². The molecule has 0 radical (unpaired) electrons. The number of nitrogens with two attached hydrogens (primary N) is 1. The largest absolute Gasteiger partial charge is 0.494 e. The maximum absolute atomic E-state index is 12.6. The molecule has 1 amide bonds. The summed E-state index contributed by atoms with van der Waals surface area (Å²) in [6, 6.07) is 7.52. The van der Waals surface area contributed by atoms with Crippen LogP contribution in [-0.4, -0.2) is 22.1 Å². The highest BCUT2D eigenvalue weighted by molar-refractivity contribution is 7.17. The van der Waals surface area contributed by atoms with Crippen molar-refractivity contribution in [2.45, 2.75) is 13.5 Å². The third-order valence-electron chi connectivity index (χ3n) is 3.36. The Kier molecular flexibility index (Phi) is 4.12. The molecule has 1 aromatic carbocycles. The zero-order valence-electron chi connectivity index (χ0n) is 12.5. The summed E-state index contributed by atoms with van der Waals surface area (Å²) in [5, 5.41) is 2.39. The molecule has 2 aromatic heterocycles. The average Bonchev–Trinajstić information content (AvgIpc) is 2.96. The molecule has 7 heteroatoms. The lowest BCUT2D eigenvalue weighted by atomic mass is 10.1. The lowest BCUT2D eigenvalue weighted by Gasteiger charge is -2.05. The van der Waals surface area contributed by atoms with Gasteiger partial charge in [-0.3, -0.25) is 14.2 Å². The summed E-state index contributed by atoms with van der Waals surface area (Å²) in [6.07, 6.45) is 1.36. The first-order chi connectivity index (χ1) is 11.1. The molecular weight excluding hydrogens is 314 g/mol. The van der Waals surface area contributed by atoms with E-state index in [-0.39, 0.29) is 12.1 Å². The van der Waals surface area contributed by atoms with Gasteiger partial charge in [-0.2, -0.15) is 0 Å². The van der Waals surface area contributed by atoms with E-state index in [0.717, 1.165) is 16.9 Å². The molecule has 3 rings (SSSR count). The van der Waals surface area contributed by atoms with Gasteiger partial charge >= 0.3 is 0 Å². The molecule has 2 heterocycles. The Morgan fingerprint density at radius 1 is 1.35 bits per heavy atom. The summed E-state index contributed by atoms with van der Waals surface area (Å²) >= 11 is 1.39. The van der Waals surface area contributed by atoms with Crippen LogP contribution in [-0.2, 0) is 11.3 Å². The predicted molar refractivity (Wildman–Crippen MR) is 89.7 cm³/mol. The first-order valence-electron chi connectivity index (χ1n) is 7.08. The van der Waals surface area contributed by atoms with Crippen molar-refractivity contribution in [1.29, 1.82) is 0 Å². The minimum atomic E-state index is -0.578. The average molecular weight is 329 g/mol. The number of thiophene rings is 1. The summed E-state index contributed by atoms with van der Waals surface area (Å²) in [5.41, 5.74) is 6.60. The number of ether oxygens (including phenoxy) is 1. The molecule has 0 saturated carbocycles. The summed E-state index contributed by atoms with van der Waals surface area (Å²) in [6.45, 7) is 2.34. The smallest absolute Gasteiger partial charge is 0.263 e. The number of benzene rings is 1. The molecule has 0 aliphatic carbocycles. The highest BCUT2D eigenvalue weighted by Gasteiger charge is 2.14. The Labute approximate surface area is 136 Å². The lowest BCUT2D eigenvalue weighted by Crippen LogP contribution is -2.28. The van der Waals surface area contributed by atoms with Crippen LogP contribution < -0.4 is 16.0 Å². The molecule has 0 atom stereocenters. The van der Waals surface area contributed by atoms with Crippen molar-refractivity contribution in [3.63, 3.8) is 0 Å². The van der Waals surface area contributed by atoms with Gasteiger partial charge in [0.05, 0.1) is 18.3 Å². The Morgan fingerprint density at radius 2 is 2.09 bits per heavy atom. The number of carbonyl (C=O) groups excluding carboxylic acids is 1. The third-order valence-corrected chi connectivity index (χ3v) is 4.25. The second-order valence-corrected chi connectivity index (χ2v) is 5.79. The van der Waals surface area contributed by atoms with Gasteiger partial charge in [-0.1, -0.05) is 12.1 Å². The maximum atomic E-state index is 12.6. The molecule has 0 aliphatic rings. The Morgan fingerprint density at radius 3 is 2.74 bits per heavy atom. The summed E-state index contributed by atoms with van der Waals surface area (Å²) < 4.78 is 6.66. The van der Waals surface area contributed by atoms with E-state index < -0.39 is 5.91 Å². The molecule has 2 N–H and O–H groups in total. The number of hydrogen-bond acceptors (Lipinski definition) is 5. The van der Waals surface area contributed by atoms with Crippen LogP contribution >= 0.6 is 11.3 Å². The SMILES string of the molecule is CCOc1ccc(-c2csc3ncn(CC(N)=O)c(=O)c23)cc1. The second kappa shape index (κ2) is 6.21. The normalized spacial score (nSPS) is 10.8. The molecule has 0 bridgehead atoms. The fraction of sp³-hybridized carbons (Fsp3) is 0.188. The highest BCUT2D eigenvalue weighted by atomic mass is 32.1. The van der Waals surface area contributed by atoms with Gasteiger partial charge in [-0.15, -0.1) is 11.3 Å². The van der Waals surface area contributed by atoms with Crippen molar-refractivity contribution in [3.8, 4) is 16.9 Å². The van der Waals surface area contributed by atoms with E-state index in [0.29, 0.717) is 16.8 Å². The van der Waals surface area contributed by atoms with E-state index in [9.17, 15) is 9.59 Å². The molecule has 23 heavy (non-hydrogen) atoms. The van der Waals surface area contributed by atoms with Crippen LogP contribution in [0.1, 0.15) is 6.92 Å². The molecule has 0 aliphatic heterocycles. The van der Waals surface area contributed by atoms with Crippen LogP contribution in [0.5, 0.6) is 5.75 Å². The van der Waals surface area contributed by atoms with Crippen LogP contribution in [0.25, 0.3) is 21.3 Å². The molecule has 3 aromatic rings. The predicted octanol–water partition coefficient (Wildman–Crippen LogP) is 2.01. The molecule has 6 nitrogen and oxygen atoms in total. The fourth-order valence-corrected chi connectivity index (χ4v) is 3.26. The Hall–Kier alpha value is -2.67. The first-order valence-corrected chi connectivity index (χ1v) is 7.96. The van der Waals surface area contributed by atoms with E-state index in [1.807, 2.05) is 36.6 Å². The van der Waals surface area contributed by atoms with E-state index in [1.54, 1.807) is 0 Å². The van der Waals surface area contributed by atoms with Gasteiger partial charge in [-0.25, -0.2) is 4.98 Å². The molecular formula is C16H15N3O3S. The van der Waals surface area contributed by atoms with E-state index >= 15 is 0 Å². The maximum Gasteiger partial charge on any atom is 0.263 e. The summed E-state index contributed by atoms with van der Waals surface area (Å²) in [7, 11) is 0. The van der Waals surface area contributed by atoms with Gasteiger partial charge in [-0.05, 0) is 24.6 Å². The number of rotatable bonds is 5. The number of aromatic nitrogens is 2. The molecule has 0 unspecified atom stereocenters. The quantitative estimate of drug-likeness (QED) is 0.775. The Balaban J connectivity index is 2.10. The van der Waals surface area contributed by atoms with Gasteiger partial charge in [0.2, 0.25) is 5.91 Å². The topological polar surface area (TPSA) is 87.2 Å². The van der Waals surface area contributed by atoms with Gasteiger partial charge < -0.3 is 10.5 Å². The fourth-order valence-electron chi connectivity index (χ4n) is 2.36. The minimum absolute atomic E-state index is 0.180. The van der Waals surface area contributed by atoms with E-state index in [2.05, 4.69) is 4.98 Å². The molecule has 0 spiro atoms. The number of amides is 1. The monoisotopic (exact) mass is 329 g/mol. The van der Waals surface area contributed by atoms with Crippen LogP contribution in [0, 0.1) is 0 Å².